The highest BCUT2D eigenvalue weighted by Gasteiger charge is 2.02. The number of aromatic nitrogens is 1. The molecule has 1 N–H and O–H groups in total. The summed E-state index contributed by atoms with van der Waals surface area (Å²) < 4.78 is 20.5. The van der Waals surface area contributed by atoms with Crippen LogP contribution in [-0.4, -0.2) is 17.9 Å². The van der Waals surface area contributed by atoms with E-state index in [1.807, 2.05) is 5.32 Å². The Balaban J connectivity index is 2.80. The van der Waals surface area contributed by atoms with Crippen LogP contribution in [0.25, 0.3) is 0 Å². The molecular weight excluding hydrogens is 140 g/mol. The Bertz CT molecular complexity index is 349. The SMILES string of the molecule is [2H]C([2H])([2H])NC(=O)c1cccc(C)n1. The van der Waals surface area contributed by atoms with Crippen LogP contribution in [0.1, 0.15) is 20.3 Å². The smallest absolute Gasteiger partial charge is 0.269 e. The van der Waals surface area contributed by atoms with Crippen LogP contribution in [0, 0.1) is 6.92 Å². The minimum atomic E-state index is -2.47. The fourth-order valence-corrected chi connectivity index (χ4v) is 0.734. The Kier molecular flexibility index (Phi) is 1.28. The van der Waals surface area contributed by atoms with Gasteiger partial charge in [-0.2, -0.15) is 0 Å². The molecule has 1 aromatic rings. The summed E-state index contributed by atoms with van der Waals surface area (Å²) in [6.45, 7) is -0.741. The number of aryl methyl sites for hydroxylation is 1. The molecule has 0 aliphatic heterocycles. The highest BCUT2D eigenvalue weighted by Crippen LogP contribution is 1.96. The first-order chi connectivity index (χ1) is 6.38. The molecule has 1 aromatic heterocycles. The van der Waals surface area contributed by atoms with Gasteiger partial charge in [-0.05, 0) is 19.1 Å². The molecule has 0 radical (unpaired) electrons. The molecule has 1 heterocycles. The number of carbonyl (C=O) groups excluding carboxylic acids is 1. The van der Waals surface area contributed by atoms with Gasteiger partial charge < -0.3 is 5.32 Å². The van der Waals surface area contributed by atoms with Gasteiger partial charge in [0.15, 0.2) is 0 Å². The van der Waals surface area contributed by atoms with Gasteiger partial charge in [0.2, 0.25) is 0 Å². The van der Waals surface area contributed by atoms with Crippen molar-refractivity contribution in [3.05, 3.63) is 29.6 Å². The van der Waals surface area contributed by atoms with E-state index in [9.17, 15) is 4.79 Å². The Morgan fingerprint density at radius 3 is 3.18 bits per heavy atom. The Morgan fingerprint density at radius 1 is 1.73 bits per heavy atom. The molecule has 11 heavy (non-hydrogen) atoms. The second kappa shape index (κ2) is 3.14. The van der Waals surface area contributed by atoms with Gasteiger partial charge in [-0.25, -0.2) is 4.98 Å². The third-order valence-corrected chi connectivity index (χ3v) is 1.23. The summed E-state index contributed by atoms with van der Waals surface area (Å²) in [5.74, 6) is -0.686. The van der Waals surface area contributed by atoms with E-state index in [-0.39, 0.29) is 5.69 Å². The standard InChI is InChI=1S/C8H10N2O/c1-6-4-3-5-7(10-6)8(11)9-2/h3-5H,1-2H3,(H,9,11)/i2D3. The number of pyridine rings is 1. The normalized spacial score (nSPS) is 14.5. The average molecular weight is 153 g/mol. The maximum Gasteiger partial charge on any atom is 0.269 e. The molecule has 0 spiro atoms. The molecule has 0 atom stereocenters. The zero-order chi connectivity index (χ0) is 10.8. The molecule has 1 amide bonds. The lowest BCUT2D eigenvalue weighted by Crippen LogP contribution is -2.19. The fourth-order valence-electron chi connectivity index (χ4n) is 0.734. The van der Waals surface area contributed by atoms with E-state index >= 15 is 0 Å². The predicted octanol–water partition coefficient (Wildman–Crippen LogP) is 0.750. The zero-order valence-corrected chi connectivity index (χ0v) is 6.09. The molecule has 3 nitrogen and oxygen atoms in total. The molecule has 0 fully saturated rings. The number of hydrogen-bond acceptors (Lipinski definition) is 2. The monoisotopic (exact) mass is 153 g/mol. The summed E-state index contributed by atoms with van der Waals surface area (Å²) in [6, 6.07) is 4.84. The summed E-state index contributed by atoms with van der Waals surface area (Å²) >= 11 is 0. The van der Waals surface area contributed by atoms with Gasteiger partial charge in [-0.1, -0.05) is 6.07 Å². The van der Waals surface area contributed by atoms with Crippen molar-refractivity contribution in [2.75, 3.05) is 6.98 Å². The van der Waals surface area contributed by atoms with Crippen molar-refractivity contribution in [3.63, 3.8) is 0 Å². The van der Waals surface area contributed by atoms with Gasteiger partial charge in [-0.3, -0.25) is 4.79 Å². The second-order valence-corrected chi connectivity index (χ2v) is 2.12. The van der Waals surface area contributed by atoms with Crippen molar-refractivity contribution < 1.29 is 8.91 Å². The molecular formula is C8H10N2O. The number of nitrogens with one attached hydrogen (secondary N) is 1. The maximum atomic E-state index is 11.3. The highest BCUT2D eigenvalue weighted by atomic mass is 16.1. The van der Waals surface area contributed by atoms with Gasteiger partial charge in [0.05, 0.1) is 0 Å². The van der Waals surface area contributed by atoms with E-state index < -0.39 is 12.9 Å². The minimum Gasteiger partial charge on any atom is -0.354 e. The first kappa shape index (κ1) is 4.49. The maximum absolute atomic E-state index is 11.3. The summed E-state index contributed by atoms with van der Waals surface area (Å²) in [7, 11) is 0. The van der Waals surface area contributed by atoms with Crippen LogP contribution in [0.2, 0.25) is 0 Å². The van der Waals surface area contributed by atoms with E-state index in [4.69, 9.17) is 4.11 Å². The van der Waals surface area contributed by atoms with Crippen LogP contribution in [-0.2, 0) is 0 Å². The topological polar surface area (TPSA) is 42.0 Å². The van der Waals surface area contributed by atoms with E-state index in [1.165, 1.54) is 6.07 Å². The van der Waals surface area contributed by atoms with Crippen molar-refractivity contribution in [3.8, 4) is 0 Å². The summed E-state index contributed by atoms with van der Waals surface area (Å²) in [6.07, 6.45) is 0. The molecule has 0 aromatic carbocycles. The quantitative estimate of drug-likeness (QED) is 0.647. The number of amides is 1. The Labute approximate surface area is 69.7 Å². The molecule has 1 rings (SSSR count). The van der Waals surface area contributed by atoms with Crippen molar-refractivity contribution in [2.45, 2.75) is 6.92 Å². The van der Waals surface area contributed by atoms with E-state index in [0.717, 1.165) is 0 Å². The van der Waals surface area contributed by atoms with Crippen LogP contribution < -0.4 is 5.32 Å². The summed E-state index contributed by atoms with van der Waals surface area (Å²) in [5, 5.41) is 1.86. The molecule has 3 heteroatoms. The van der Waals surface area contributed by atoms with Crippen LogP contribution in [0.5, 0.6) is 0 Å². The third kappa shape index (κ3) is 1.77. The number of rotatable bonds is 1. The van der Waals surface area contributed by atoms with Gasteiger partial charge >= 0.3 is 0 Å². The van der Waals surface area contributed by atoms with Crippen molar-refractivity contribution in [2.24, 2.45) is 0 Å². The first-order valence-corrected chi connectivity index (χ1v) is 3.15. The molecule has 0 aliphatic rings. The largest absolute Gasteiger partial charge is 0.354 e. The molecule has 0 bridgehead atoms. The minimum absolute atomic E-state index is 0.112. The van der Waals surface area contributed by atoms with E-state index in [2.05, 4.69) is 4.98 Å². The van der Waals surface area contributed by atoms with Gasteiger partial charge in [0, 0.05) is 16.8 Å². The first-order valence-electron chi connectivity index (χ1n) is 4.65. The third-order valence-electron chi connectivity index (χ3n) is 1.23. The summed E-state index contributed by atoms with van der Waals surface area (Å²) in [5.41, 5.74) is 0.782. The van der Waals surface area contributed by atoms with Crippen molar-refractivity contribution >= 4 is 5.91 Å². The number of hydrogen-bond donors (Lipinski definition) is 1. The Hall–Kier alpha value is -1.38. The van der Waals surface area contributed by atoms with Gasteiger partial charge in [0.1, 0.15) is 5.69 Å². The lowest BCUT2D eigenvalue weighted by Gasteiger charge is -1.98. The number of carbonyl (C=O) groups is 1. The highest BCUT2D eigenvalue weighted by molar-refractivity contribution is 5.91. The molecule has 0 saturated carbocycles. The molecule has 0 saturated heterocycles. The predicted molar refractivity (Wildman–Crippen MR) is 42.4 cm³/mol. The van der Waals surface area contributed by atoms with Crippen LogP contribution in [0.3, 0.4) is 0 Å². The van der Waals surface area contributed by atoms with Crippen molar-refractivity contribution in [1.29, 1.82) is 0 Å². The van der Waals surface area contributed by atoms with Gasteiger partial charge in [-0.15, -0.1) is 0 Å². The average Bonchev–Trinajstić information content (AvgIpc) is 2.01. The van der Waals surface area contributed by atoms with E-state index in [1.54, 1.807) is 19.1 Å². The van der Waals surface area contributed by atoms with Crippen LogP contribution in [0.15, 0.2) is 18.2 Å². The van der Waals surface area contributed by atoms with Gasteiger partial charge in [0.25, 0.3) is 5.91 Å². The van der Waals surface area contributed by atoms with E-state index in [0.29, 0.717) is 5.69 Å². The van der Waals surface area contributed by atoms with Crippen LogP contribution in [0.4, 0.5) is 0 Å². The van der Waals surface area contributed by atoms with Crippen LogP contribution >= 0.6 is 0 Å². The molecule has 0 unspecified atom stereocenters. The molecule has 58 valence electrons. The van der Waals surface area contributed by atoms with Crippen molar-refractivity contribution in [1.82, 2.24) is 10.3 Å². The number of nitrogens with zero attached hydrogens (tertiary/aromatic N) is 1. The zero-order valence-electron chi connectivity index (χ0n) is 9.09. The summed E-state index contributed by atoms with van der Waals surface area (Å²) in [4.78, 5) is 15.2. The Morgan fingerprint density at radius 2 is 2.55 bits per heavy atom. The lowest BCUT2D eigenvalue weighted by atomic mass is 10.3. The molecule has 0 aliphatic carbocycles. The lowest BCUT2D eigenvalue weighted by molar-refractivity contribution is 0.0958. The second-order valence-electron chi connectivity index (χ2n) is 2.12. The fraction of sp³-hybridized carbons (Fsp3) is 0.250.